The van der Waals surface area contributed by atoms with E-state index in [0.717, 1.165) is 49.2 Å². The topological polar surface area (TPSA) is 65.1 Å². The van der Waals surface area contributed by atoms with Crippen LogP contribution in [0.3, 0.4) is 0 Å². The van der Waals surface area contributed by atoms with Crippen molar-refractivity contribution >= 4 is 11.9 Å². The third-order valence-corrected chi connectivity index (χ3v) is 5.50. The molecule has 1 saturated carbocycles. The van der Waals surface area contributed by atoms with Gasteiger partial charge in [0.2, 0.25) is 0 Å². The number of likely N-dealkylation sites (tertiary alicyclic amines) is 1. The van der Waals surface area contributed by atoms with Crippen molar-refractivity contribution in [2.75, 3.05) is 13.7 Å². The van der Waals surface area contributed by atoms with E-state index in [0.29, 0.717) is 12.5 Å². The Kier molecular flexibility index (Phi) is 3.85. The Hall–Kier alpha value is -2.24. The van der Waals surface area contributed by atoms with E-state index in [9.17, 15) is 9.59 Å². The first kappa shape index (κ1) is 16.2. The van der Waals surface area contributed by atoms with E-state index in [1.807, 2.05) is 18.2 Å². The average Bonchev–Trinajstić information content (AvgIpc) is 2.99. The van der Waals surface area contributed by atoms with Gasteiger partial charge in [-0.3, -0.25) is 4.79 Å². The SMILES string of the molecule is COC(=O)C(=O)N1CC(C)CCC1c1ccc2c(c1)OC1(CCC1)O2. The third kappa shape index (κ3) is 2.73. The van der Waals surface area contributed by atoms with Crippen molar-refractivity contribution in [3.05, 3.63) is 23.8 Å². The third-order valence-electron chi connectivity index (χ3n) is 5.50. The van der Waals surface area contributed by atoms with Crippen LogP contribution in [0, 0.1) is 5.92 Å². The van der Waals surface area contributed by atoms with Gasteiger partial charge in [0.15, 0.2) is 11.5 Å². The molecule has 0 N–H and O–H groups in total. The van der Waals surface area contributed by atoms with Gasteiger partial charge in [-0.15, -0.1) is 0 Å². The number of fused-ring (bicyclic) bond motifs is 1. The molecule has 25 heavy (non-hydrogen) atoms. The number of rotatable bonds is 1. The van der Waals surface area contributed by atoms with Crippen molar-refractivity contribution in [1.29, 1.82) is 0 Å². The first-order chi connectivity index (χ1) is 12.0. The molecule has 2 fully saturated rings. The van der Waals surface area contributed by atoms with Gasteiger partial charge in [-0.25, -0.2) is 4.79 Å². The molecule has 1 spiro atoms. The molecular formula is C19H23NO5. The zero-order valence-electron chi connectivity index (χ0n) is 14.6. The number of hydrogen-bond donors (Lipinski definition) is 0. The molecule has 1 saturated heterocycles. The smallest absolute Gasteiger partial charge is 0.396 e. The summed E-state index contributed by atoms with van der Waals surface area (Å²) in [6.07, 6.45) is 4.75. The summed E-state index contributed by atoms with van der Waals surface area (Å²) in [5.74, 6) is 0.00105. The molecule has 0 radical (unpaired) electrons. The first-order valence-corrected chi connectivity index (χ1v) is 8.92. The Balaban J connectivity index is 1.60. The highest BCUT2D eigenvalue weighted by atomic mass is 16.7. The predicted octanol–water partition coefficient (Wildman–Crippen LogP) is 2.81. The Morgan fingerprint density at radius 1 is 1.20 bits per heavy atom. The lowest BCUT2D eigenvalue weighted by Gasteiger charge is -2.38. The normalized spacial score (nSPS) is 26.2. The molecule has 1 aromatic rings. The summed E-state index contributed by atoms with van der Waals surface area (Å²) in [6.45, 7) is 2.64. The molecule has 6 heteroatoms. The van der Waals surface area contributed by atoms with Gasteiger partial charge in [0.1, 0.15) is 0 Å². The van der Waals surface area contributed by atoms with Gasteiger partial charge in [-0.05, 0) is 42.9 Å². The van der Waals surface area contributed by atoms with Crippen molar-refractivity contribution in [1.82, 2.24) is 4.90 Å². The van der Waals surface area contributed by atoms with Gasteiger partial charge < -0.3 is 19.1 Å². The molecule has 0 aromatic heterocycles. The van der Waals surface area contributed by atoms with Gasteiger partial charge in [0.25, 0.3) is 5.79 Å². The maximum Gasteiger partial charge on any atom is 0.396 e. The second-order valence-electron chi connectivity index (χ2n) is 7.32. The van der Waals surface area contributed by atoms with Crippen molar-refractivity contribution < 1.29 is 23.8 Å². The molecule has 134 valence electrons. The predicted molar refractivity (Wildman–Crippen MR) is 89.1 cm³/mol. The number of carbonyl (C=O) groups is 2. The van der Waals surface area contributed by atoms with Crippen LogP contribution in [-0.2, 0) is 14.3 Å². The molecule has 1 aliphatic carbocycles. The highest BCUT2D eigenvalue weighted by Gasteiger charge is 2.47. The lowest BCUT2D eigenvalue weighted by molar-refractivity contribution is -0.160. The zero-order valence-corrected chi connectivity index (χ0v) is 14.6. The molecule has 3 aliphatic rings. The molecular weight excluding hydrogens is 322 g/mol. The zero-order chi connectivity index (χ0) is 17.6. The van der Waals surface area contributed by atoms with Crippen LogP contribution in [0.2, 0.25) is 0 Å². The number of piperidine rings is 1. The minimum absolute atomic E-state index is 0.144. The summed E-state index contributed by atoms with van der Waals surface area (Å²) in [4.78, 5) is 25.8. The van der Waals surface area contributed by atoms with Crippen molar-refractivity contribution in [3.63, 3.8) is 0 Å². The maximum absolute atomic E-state index is 12.4. The van der Waals surface area contributed by atoms with Crippen LogP contribution < -0.4 is 9.47 Å². The van der Waals surface area contributed by atoms with Gasteiger partial charge in [-0.2, -0.15) is 0 Å². The van der Waals surface area contributed by atoms with Gasteiger partial charge >= 0.3 is 11.9 Å². The van der Waals surface area contributed by atoms with E-state index in [-0.39, 0.29) is 6.04 Å². The molecule has 2 unspecified atom stereocenters. The van der Waals surface area contributed by atoms with Crippen LogP contribution in [0.4, 0.5) is 0 Å². The number of hydrogen-bond acceptors (Lipinski definition) is 5. The molecule has 2 atom stereocenters. The van der Waals surface area contributed by atoms with Gasteiger partial charge in [0.05, 0.1) is 13.2 Å². The number of benzene rings is 1. The van der Waals surface area contributed by atoms with E-state index < -0.39 is 17.7 Å². The molecule has 2 aliphatic heterocycles. The van der Waals surface area contributed by atoms with E-state index in [2.05, 4.69) is 11.7 Å². The van der Waals surface area contributed by atoms with E-state index in [1.165, 1.54) is 7.11 Å². The summed E-state index contributed by atoms with van der Waals surface area (Å²) >= 11 is 0. The molecule has 1 aromatic carbocycles. The van der Waals surface area contributed by atoms with Crippen molar-refractivity contribution in [2.45, 2.75) is 50.9 Å². The highest BCUT2D eigenvalue weighted by Crippen LogP contribution is 2.49. The lowest BCUT2D eigenvalue weighted by atomic mass is 9.89. The summed E-state index contributed by atoms with van der Waals surface area (Å²) in [5.41, 5.74) is 0.975. The van der Waals surface area contributed by atoms with Gasteiger partial charge in [-0.1, -0.05) is 13.0 Å². The molecule has 1 amide bonds. The average molecular weight is 345 g/mol. The van der Waals surface area contributed by atoms with Gasteiger partial charge in [0, 0.05) is 19.4 Å². The highest BCUT2D eigenvalue weighted by molar-refractivity contribution is 6.32. The second kappa shape index (κ2) is 5.93. The Labute approximate surface area is 147 Å². The minimum Gasteiger partial charge on any atom is -0.462 e. The number of esters is 1. The summed E-state index contributed by atoms with van der Waals surface area (Å²) < 4.78 is 16.6. The molecule has 2 heterocycles. The summed E-state index contributed by atoms with van der Waals surface area (Å²) in [6, 6.07) is 5.70. The van der Waals surface area contributed by atoms with Crippen LogP contribution in [0.15, 0.2) is 18.2 Å². The fourth-order valence-electron chi connectivity index (χ4n) is 3.92. The number of amides is 1. The number of ether oxygens (including phenoxy) is 3. The molecule has 4 rings (SSSR count). The second-order valence-corrected chi connectivity index (χ2v) is 7.32. The largest absolute Gasteiger partial charge is 0.462 e. The number of carbonyl (C=O) groups excluding carboxylic acids is 2. The van der Waals surface area contributed by atoms with Crippen LogP contribution in [0.1, 0.15) is 50.6 Å². The van der Waals surface area contributed by atoms with Crippen LogP contribution in [-0.4, -0.2) is 36.2 Å². The van der Waals surface area contributed by atoms with E-state index in [4.69, 9.17) is 9.47 Å². The van der Waals surface area contributed by atoms with E-state index in [1.54, 1.807) is 4.90 Å². The van der Waals surface area contributed by atoms with Crippen LogP contribution >= 0.6 is 0 Å². The minimum atomic E-state index is -0.812. The van der Waals surface area contributed by atoms with Crippen molar-refractivity contribution in [2.24, 2.45) is 5.92 Å². The van der Waals surface area contributed by atoms with Crippen molar-refractivity contribution in [3.8, 4) is 11.5 Å². The number of methoxy groups -OCH3 is 1. The van der Waals surface area contributed by atoms with Crippen LogP contribution in [0.5, 0.6) is 11.5 Å². The lowest BCUT2D eigenvalue weighted by Crippen LogP contribution is -2.45. The molecule has 0 bridgehead atoms. The first-order valence-electron chi connectivity index (χ1n) is 8.92. The fourth-order valence-corrected chi connectivity index (χ4v) is 3.92. The maximum atomic E-state index is 12.4. The Bertz CT molecular complexity index is 712. The monoisotopic (exact) mass is 345 g/mol. The molecule has 6 nitrogen and oxygen atoms in total. The standard InChI is InChI=1S/C19H23NO5/c1-12-4-6-14(20(11-12)17(21)18(22)23-2)13-5-7-15-16(10-13)25-19(24-15)8-3-9-19/h5,7,10,12,14H,3-4,6,8-9,11H2,1-2H3. The Morgan fingerprint density at radius 3 is 2.64 bits per heavy atom. The quantitative estimate of drug-likeness (QED) is 0.578. The van der Waals surface area contributed by atoms with E-state index >= 15 is 0 Å². The van der Waals surface area contributed by atoms with Crippen LogP contribution in [0.25, 0.3) is 0 Å². The summed E-state index contributed by atoms with van der Waals surface area (Å²) in [5, 5.41) is 0. The Morgan fingerprint density at radius 2 is 1.96 bits per heavy atom. The fraction of sp³-hybridized carbons (Fsp3) is 0.579. The number of nitrogens with zero attached hydrogens (tertiary/aromatic N) is 1. The summed E-state index contributed by atoms with van der Waals surface area (Å²) in [7, 11) is 1.24.